The molecule has 2 aliphatic rings. The third-order valence-electron chi connectivity index (χ3n) is 7.69. The number of hydrogen-bond donors (Lipinski definition) is 3. The van der Waals surface area contributed by atoms with Crippen molar-refractivity contribution in [1.82, 2.24) is 24.7 Å². The maximum absolute atomic E-state index is 14.6. The predicted octanol–water partition coefficient (Wildman–Crippen LogP) is 4.11. The second kappa shape index (κ2) is 17.2. The highest BCUT2D eigenvalue weighted by Crippen LogP contribution is 2.31. The van der Waals surface area contributed by atoms with Gasteiger partial charge < -0.3 is 34.8 Å². The monoisotopic (exact) mass is 716 g/mol. The average Bonchev–Trinajstić information content (AvgIpc) is 3.69. The van der Waals surface area contributed by atoms with Crippen LogP contribution in [0, 0.1) is 11.6 Å². The number of nitrogens with one attached hydrogen (secondary N) is 2. The van der Waals surface area contributed by atoms with Gasteiger partial charge in [-0.1, -0.05) is 11.6 Å². The van der Waals surface area contributed by atoms with E-state index in [1.807, 2.05) is 0 Å². The molecule has 0 aliphatic carbocycles. The first kappa shape index (κ1) is 38.1. The van der Waals surface area contributed by atoms with Crippen LogP contribution in [0.4, 0.5) is 23.2 Å². The Morgan fingerprint density at radius 3 is 2.40 bits per heavy atom. The third-order valence-corrected chi connectivity index (χ3v) is 8.00. The van der Waals surface area contributed by atoms with Gasteiger partial charge in [-0.2, -0.15) is 26.7 Å². The number of halogens is 5. The van der Waals surface area contributed by atoms with Gasteiger partial charge in [0.05, 0.1) is 22.5 Å². The number of aromatic nitrogens is 2. The van der Waals surface area contributed by atoms with Gasteiger partial charge in [0.1, 0.15) is 0 Å². The standard InChI is InChI=1S/C29H29ClF4N6O4.CH2O2.H2S/c1-38-21(19-6-7-22(44-29(33)34)25(32)24(19)31)15-36-26(38)27(42)37-17-4-5-18(20(30)13-17)28(43)40-11-9-39(10-12-40)23(41)14-16-3-2-8-35-16;2-1-3;/h4-7,13,15-16,29,35H,2-3,8-12,14H2,1H3,(H,37,42);1H,(H,2,3);1H2/t16-;;/m0../s1. The molecule has 260 valence electrons. The highest BCUT2D eigenvalue weighted by molar-refractivity contribution is 7.59. The number of nitrogens with zero attached hydrogens (tertiary/aromatic N) is 4. The minimum Gasteiger partial charge on any atom is -0.483 e. The number of amides is 3. The van der Waals surface area contributed by atoms with E-state index < -0.39 is 29.9 Å². The Morgan fingerprint density at radius 2 is 1.79 bits per heavy atom. The normalized spacial score (nSPS) is 15.7. The number of carbonyl (C=O) groups excluding carboxylic acids is 3. The molecule has 0 saturated carbocycles. The van der Waals surface area contributed by atoms with E-state index in [4.69, 9.17) is 21.5 Å². The predicted molar refractivity (Wildman–Crippen MR) is 172 cm³/mol. The number of carbonyl (C=O) groups is 4. The van der Waals surface area contributed by atoms with Crippen LogP contribution in [-0.2, 0) is 16.6 Å². The summed E-state index contributed by atoms with van der Waals surface area (Å²) in [6.45, 7) is -1.06. The largest absolute Gasteiger partial charge is 0.483 e. The molecule has 5 rings (SSSR count). The van der Waals surface area contributed by atoms with Gasteiger partial charge in [0.15, 0.2) is 17.4 Å². The molecule has 0 unspecified atom stereocenters. The van der Waals surface area contributed by atoms with E-state index >= 15 is 0 Å². The lowest BCUT2D eigenvalue weighted by Gasteiger charge is -2.35. The molecule has 2 aromatic carbocycles. The van der Waals surface area contributed by atoms with Crippen molar-refractivity contribution in [3.05, 3.63) is 64.6 Å². The van der Waals surface area contributed by atoms with Gasteiger partial charge in [-0.15, -0.1) is 0 Å². The summed E-state index contributed by atoms with van der Waals surface area (Å²) in [5, 5.41) is 12.9. The fraction of sp³-hybridized carbons (Fsp3) is 0.367. The fourth-order valence-electron chi connectivity index (χ4n) is 5.34. The lowest BCUT2D eigenvalue weighted by atomic mass is 10.1. The SMILES string of the molecule is Cn1c(-c2ccc(OC(F)F)c(F)c2F)cnc1C(=O)Nc1ccc(C(=O)N2CCN(C(=O)C[C@@H]3CCCN3)CC2)c(Cl)c1.O=CO.S. The van der Waals surface area contributed by atoms with Gasteiger partial charge in [-0.05, 0) is 49.7 Å². The van der Waals surface area contributed by atoms with E-state index in [0.717, 1.165) is 37.7 Å². The van der Waals surface area contributed by atoms with Crippen molar-refractivity contribution >= 4 is 55.0 Å². The number of imidazole rings is 1. The van der Waals surface area contributed by atoms with Crippen LogP contribution in [0.25, 0.3) is 11.3 Å². The number of ether oxygens (including phenoxy) is 1. The molecule has 2 saturated heterocycles. The van der Waals surface area contributed by atoms with Crippen molar-refractivity contribution in [2.75, 3.05) is 38.0 Å². The zero-order valence-electron chi connectivity index (χ0n) is 25.5. The number of carboxylic acid groups (broad SMARTS) is 1. The van der Waals surface area contributed by atoms with Crippen LogP contribution >= 0.6 is 25.1 Å². The van der Waals surface area contributed by atoms with Crippen LogP contribution in [0.15, 0.2) is 36.5 Å². The van der Waals surface area contributed by atoms with Gasteiger partial charge in [-0.25, -0.2) is 9.37 Å². The zero-order chi connectivity index (χ0) is 34.2. The molecule has 18 heteroatoms. The van der Waals surface area contributed by atoms with Crippen molar-refractivity contribution < 1.29 is 46.6 Å². The summed E-state index contributed by atoms with van der Waals surface area (Å²) in [6, 6.07) is 6.48. The van der Waals surface area contributed by atoms with Crippen LogP contribution in [-0.4, -0.2) is 94.0 Å². The fourth-order valence-corrected chi connectivity index (χ4v) is 5.60. The van der Waals surface area contributed by atoms with Gasteiger partial charge in [0, 0.05) is 56.9 Å². The van der Waals surface area contributed by atoms with Gasteiger partial charge in [0.25, 0.3) is 18.3 Å². The molecule has 0 bridgehead atoms. The summed E-state index contributed by atoms with van der Waals surface area (Å²) in [5.41, 5.74) is 0.171. The minimum atomic E-state index is -3.33. The van der Waals surface area contributed by atoms with E-state index in [1.165, 1.54) is 29.8 Å². The maximum atomic E-state index is 14.6. The van der Waals surface area contributed by atoms with E-state index in [-0.39, 0.29) is 71.2 Å². The molecule has 12 nitrogen and oxygen atoms in total. The first-order chi connectivity index (χ1) is 22.4. The quantitative estimate of drug-likeness (QED) is 0.233. The molecule has 3 aromatic rings. The maximum Gasteiger partial charge on any atom is 0.387 e. The Labute approximate surface area is 284 Å². The first-order valence-electron chi connectivity index (χ1n) is 14.4. The second-order valence-corrected chi connectivity index (χ2v) is 11.0. The van der Waals surface area contributed by atoms with E-state index in [2.05, 4.69) is 20.4 Å². The van der Waals surface area contributed by atoms with Crippen molar-refractivity contribution in [3.63, 3.8) is 0 Å². The Kier molecular flexibility index (Phi) is 13.6. The lowest BCUT2D eigenvalue weighted by Crippen LogP contribution is -2.51. The Bertz CT molecular complexity index is 1630. The van der Waals surface area contributed by atoms with Crippen LogP contribution < -0.4 is 15.4 Å². The van der Waals surface area contributed by atoms with E-state index in [1.54, 1.807) is 9.80 Å². The average molecular weight is 717 g/mol. The van der Waals surface area contributed by atoms with Crippen LogP contribution in [0.5, 0.6) is 5.75 Å². The summed E-state index contributed by atoms with van der Waals surface area (Å²) < 4.78 is 59.0. The summed E-state index contributed by atoms with van der Waals surface area (Å²) in [4.78, 5) is 54.5. The van der Waals surface area contributed by atoms with Crippen molar-refractivity contribution in [3.8, 4) is 17.0 Å². The Hall–Kier alpha value is -4.35. The molecule has 1 aromatic heterocycles. The van der Waals surface area contributed by atoms with Crippen molar-refractivity contribution in [2.24, 2.45) is 7.05 Å². The molecular weight excluding hydrogens is 684 g/mol. The Balaban J connectivity index is 0.00000151. The van der Waals surface area contributed by atoms with Crippen molar-refractivity contribution in [1.29, 1.82) is 0 Å². The van der Waals surface area contributed by atoms with E-state index in [9.17, 15) is 31.9 Å². The lowest BCUT2D eigenvalue weighted by molar-refractivity contribution is -0.133. The summed E-state index contributed by atoms with van der Waals surface area (Å²) in [6.07, 6.45) is 3.64. The smallest absolute Gasteiger partial charge is 0.387 e. The molecule has 0 spiro atoms. The second-order valence-electron chi connectivity index (χ2n) is 10.6. The zero-order valence-corrected chi connectivity index (χ0v) is 27.3. The number of rotatable bonds is 8. The molecule has 2 aliphatic heterocycles. The van der Waals surface area contributed by atoms with Crippen molar-refractivity contribution in [2.45, 2.75) is 31.9 Å². The summed E-state index contributed by atoms with van der Waals surface area (Å²) >= 11 is 6.41. The van der Waals surface area contributed by atoms with Gasteiger partial charge in [-0.3, -0.25) is 19.2 Å². The highest BCUT2D eigenvalue weighted by atomic mass is 35.5. The molecule has 2 fully saturated rings. The van der Waals surface area contributed by atoms with E-state index in [0.29, 0.717) is 32.6 Å². The number of benzene rings is 2. The molecule has 48 heavy (non-hydrogen) atoms. The number of anilines is 1. The topological polar surface area (TPSA) is 146 Å². The molecule has 3 amide bonds. The van der Waals surface area contributed by atoms with Gasteiger partial charge in [0.2, 0.25) is 11.7 Å². The number of hydrogen-bond acceptors (Lipinski definition) is 7. The van der Waals surface area contributed by atoms with Crippen LogP contribution in [0.3, 0.4) is 0 Å². The van der Waals surface area contributed by atoms with Crippen LogP contribution in [0.1, 0.15) is 40.2 Å². The Morgan fingerprint density at radius 1 is 1.12 bits per heavy atom. The molecule has 1 atom stereocenters. The van der Waals surface area contributed by atoms with Crippen LogP contribution in [0.2, 0.25) is 5.02 Å². The highest BCUT2D eigenvalue weighted by Gasteiger charge is 2.28. The summed E-state index contributed by atoms with van der Waals surface area (Å²) in [5.74, 6) is -5.11. The molecule has 0 radical (unpaired) electrons. The molecular formula is C30H33ClF4N6O6S. The third kappa shape index (κ3) is 8.96. The first-order valence-corrected chi connectivity index (χ1v) is 14.8. The minimum absolute atomic E-state index is 0. The molecule has 3 N–H and O–H groups in total. The number of alkyl halides is 2. The van der Waals surface area contributed by atoms with Gasteiger partial charge >= 0.3 is 6.61 Å². The molecule has 3 heterocycles. The number of piperazine rings is 1. The summed E-state index contributed by atoms with van der Waals surface area (Å²) in [7, 11) is 1.39.